The van der Waals surface area contributed by atoms with Crippen molar-refractivity contribution in [1.82, 2.24) is 10.3 Å². The number of carboxylic acid groups (broad SMARTS) is 1. The first-order valence-electron chi connectivity index (χ1n) is 9.84. The largest absolute Gasteiger partial charge is 0.480 e. The van der Waals surface area contributed by atoms with E-state index in [2.05, 4.69) is 16.4 Å². The number of nitrogens with zero attached hydrogens (tertiary/aromatic N) is 1. The fraction of sp³-hybridized carbons (Fsp3) is 0.500. The monoisotopic (exact) mass is 457 g/mol. The zero-order valence-electron chi connectivity index (χ0n) is 16.7. The van der Waals surface area contributed by atoms with Gasteiger partial charge in [0.2, 0.25) is 0 Å². The molecule has 7 nitrogen and oxygen atoms in total. The SMILES string of the molecule is Cl.Cl.NC(CCCCB(O)O)(C(=O)O)[C@H]1C[C@@H](NCc2cccc3cccnc23)C1. The smallest absolute Gasteiger partial charge is 0.451 e. The van der Waals surface area contributed by atoms with E-state index in [9.17, 15) is 9.90 Å². The van der Waals surface area contributed by atoms with Crippen molar-refractivity contribution in [2.24, 2.45) is 11.7 Å². The highest BCUT2D eigenvalue weighted by atomic mass is 35.5. The number of nitrogens with one attached hydrogen (secondary N) is 1. The standard InChI is InChI=1S/C20H28BN3O4.2ClH/c22-20(19(25)26,8-1-2-9-21(27)28)16-11-17(12-16)24-13-15-6-3-5-14-7-4-10-23-18(14)15;;/h3-7,10,16-17,24,27-28H,1-2,8-9,11-13,22H2,(H,25,26);2*1H/t16-,17+,20?;;. The molecule has 1 aliphatic carbocycles. The topological polar surface area (TPSA) is 129 Å². The van der Waals surface area contributed by atoms with Crippen molar-refractivity contribution in [3.05, 3.63) is 42.1 Å². The first-order chi connectivity index (χ1) is 13.4. The van der Waals surface area contributed by atoms with Gasteiger partial charge in [0.05, 0.1) is 5.52 Å². The van der Waals surface area contributed by atoms with Gasteiger partial charge in [-0.05, 0) is 43.1 Å². The van der Waals surface area contributed by atoms with Gasteiger partial charge in [-0.2, -0.15) is 0 Å². The third-order valence-corrected chi connectivity index (χ3v) is 5.86. The molecule has 6 N–H and O–H groups in total. The fourth-order valence-corrected chi connectivity index (χ4v) is 4.00. The van der Waals surface area contributed by atoms with Crippen LogP contribution >= 0.6 is 24.8 Å². The van der Waals surface area contributed by atoms with Crippen LogP contribution in [-0.2, 0) is 11.3 Å². The number of hydrogen-bond acceptors (Lipinski definition) is 6. The van der Waals surface area contributed by atoms with Gasteiger partial charge in [0.1, 0.15) is 5.54 Å². The maximum Gasteiger partial charge on any atom is 0.451 e. The van der Waals surface area contributed by atoms with Crippen LogP contribution in [0, 0.1) is 5.92 Å². The van der Waals surface area contributed by atoms with E-state index >= 15 is 0 Å². The van der Waals surface area contributed by atoms with Crippen molar-refractivity contribution < 1.29 is 19.9 Å². The van der Waals surface area contributed by atoms with Gasteiger partial charge in [0.15, 0.2) is 0 Å². The zero-order chi connectivity index (χ0) is 20.1. The molecule has 0 bridgehead atoms. The average molecular weight is 458 g/mol. The predicted octanol–water partition coefficient (Wildman–Crippen LogP) is 2.37. The van der Waals surface area contributed by atoms with Crippen molar-refractivity contribution in [2.45, 2.75) is 56.5 Å². The molecule has 10 heteroatoms. The first kappa shape index (κ1) is 26.6. The molecule has 1 saturated carbocycles. The number of pyridine rings is 1. The molecule has 1 unspecified atom stereocenters. The molecule has 0 spiro atoms. The van der Waals surface area contributed by atoms with Crippen LogP contribution in [0.2, 0.25) is 6.32 Å². The summed E-state index contributed by atoms with van der Waals surface area (Å²) in [4.78, 5) is 16.2. The summed E-state index contributed by atoms with van der Waals surface area (Å²) in [6.07, 6.45) is 4.94. The summed E-state index contributed by atoms with van der Waals surface area (Å²) in [5.74, 6) is -1.05. The Kier molecular flexibility index (Phi) is 10.5. The maximum atomic E-state index is 11.8. The number of carboxylic acids is 1. The Morgan fingerprint density at radius 1 is 1.20 bits per heavy atom. The molecule has 1 aromatic heterocycles. The number of aromatic nitrogens is 1. The Labute approximate surface area is 189 Å². The number of nitrogens with two attached hydrogens (primary N) is 1. The van der Waals surface area contributed by atoms with Crippen LogP contribution in [0.15, 0.2) is 36.5 Å². The second-order valence-electron chi connectivity index (χ2n) is 7.81. The summed E-state index contributed by atoms with van der Waals surface area (Å²) in [7, 11) is -1.35. The predicted molar refractivity (Wildman–Crippen MR) is 123 cm³/mol. The third kappa shape index (κ3) is 6.29. The quantitative estimate of drug-likeness (QED) is 0.273. The molecule has 0 saturated heterocycles. The number of fused-ring (bicyclic) bond motifs is 1. The maximum absolute atomic E-state index is 11.8. The van der Waals surface area contributed by atoms with E-state index in [4.69, 9.17) is 15.8 Å². The van der Waals surface area contributed by atoms with Crippen molar-refractivity contribution >= 4 is 48.8 Å². The van der Waals surface area contributed by atoms with E-state index in [1.165, 1.54) is 0 Å². The lowest BCUT2D eigenvalue weighted by molar-refractivity contribution is -0.148. The van der Waals surface area contributed by atoms with Gasteiger partial charge < -0.3 is 26.2 Å². The van der Waals surface area contributed by atoms with Gasteiger partial charge in [-0.15, -0.1) is 24.8 Å². The molecular weight excluding hydrogens is 428 g/mol. The summed E-state index contributed by atoms with van der Waals surface area (Å²) in [5.41, 5.74) is 7.10. The molecular formula is C20H30BCl2N3O4. The number of rotatable bonds is 10. The lowest BCUT2D eigenvalue weighted by atomic mass is 9.66. The molecule has 0 amide bonds. The van der Waals surface area contributed by atoms with E-state index < -0.39 is 18.6 Å². The molecule has 0 radical (unpaired) electrons. The summed E-state index contributed by atoms with van der Waals surface area (Å²) in [5, 5.41) is 32.1. The van der Waals surface area contributed by atoms with E-state index in [-0.39, 0.29) is 43.1 Å². The number of unbranched alkanes of at least 4 members (excludes halogenated alkanes) is 1. The Morgan fingerprint density at radius 2 is 1.90 bits per heavy atom. The lowest BCUT2D eigenvalue weighted by Crippen LogP contribution is -2.61. The van der Waals surface area contributed by atoms with E-state index in [0.29, 0.717) is 25.8 Å². The minimum absolute atomic E-state index is 0. The van der Waals surface area contributed by atoms with E-state index in [1.807, 2.05) is 24.3 Å². The average Bonchev–Trinajstić information content (AvgIpc) is 2.63. The van der Waals surface area contributed by atoms with Gasteiger partial charge in [-0.3, -0.25) is 9.78 Å². The van der Waals surface area contributed by atoms with Crippen LogP contribution in [0.4, 0.5) is 0 Å². The summed E-state index contributed by atoms with van der Waals surface area (Å²) >= 11 is 0. The van der Waals surface area contributed by atoms with Crippen molar-refractivity contribution in [2.75, 3.05) is 0 Å². The van der Waals surface area contributed by atoms with Crippen molar-refractivity contribution in [3.8, 4) is 0 Å². The number of halogens is 2. The minimum atomic E-state index is -1.35. The van der Waals surface area contributed by atoms with Crippen LogP contribution in [0.3, 0.4) is 0 Å². The summed E-state index contributed by atoms with van der Waals surface area (Å²) in [6, 6.07) is 10.3. The Balaban J connectivity index is 0.00000225. The Hall–Kier alpha value is -1.42. The van der Waals surface area contributed by atoms with Crippen LogP contribution in [-0.4, -0.2) is 44.8 Å². The van der Waals surface area contributed by atoms with Gasteiger partial charge in [-0.1, -0.05) is 37.1 Å². The van der Waals surface area contributed by atoms with Crippen LogP contribution in [0.5, 0.6) is 0 Å². The molecule has 1 aromatic carbocycles. The highest BCUT2D eigenvalue weighted by Crippen LogP contribution is 2.38. The van der Waals surface area contributed by atoms with E-state index in [0.717, 1.165) is 29.3 Å². The number of para-hydroxylation sites is 1. The highest BCUT2D eigenvalue weighted by molar-refractivity contribution is 6.40. The van der Waals surface area contributed by atoms with E-state index in [1.54, 1.807) is 6.20 Å². The number of aliphatic carboxylic acids is 1. The minimum Gasteiger partial charge on any atom is -0.480 e. The van der Waals surface area contributed by atoms with Gasteiger partial charge in [0.25, 0.3) is 0 Å². The molecule has 30 heavy (non-hydrogen) atoms. The van der Waals surface area contributed by atoms with Crippen LogP contribution in [0.25, 0.3) is 10.9 Å². The van der Waals surface area contributed by atoms with Crippen LogP contribution in [0.1, 0.15) is 37.7 Å². The summed E-state index contributed by atoms with van der Waals surface area (Å²) in [6.45, 7) is 0.685. The molecule has 166 valence electrons. The highest BCUT2D eigenvalue weighted by Gasteiger charge is 2.48. The lowest BCUT2D eigenvalue weighted by Gasteiger charge is -2.45. The second-order valence-corrected chi connectivity index (χ2v) is 7.81. The van der Waals surface area contributed by atoms with Gasteiger partial charge in [0, 0.05) is 24.2 Å². The molecule has 1 aliphatic rings. The Morgan fingerprint density at radius 3 is 2.57 bits per heavy atom. The second kappa shape index (κ2) is 11.8. The van der Waals surface area contributed by atoms with Crippen molar-refractivity contribution in [1.29, 1.82) is 0 Å². The number of carbonyl (C=O) groups is 1. The first-order valence-corrected chi connectivity index (χ1v) is 9.84. The summed E-state index contributed by atoms with van der Waals surface area (Å²) < 4.78 is 0. The molecule has 2 aromatic rings. The van der Waals surface area contributed by atoms with Gasteiger partial charge in [-0.25, -0.2) is 0 Å². The molecule has 1 heterocycles. The molecule has 0 aliphatic heterocycles. The normalized spacial score (nSPS) is 19.7. The zero-order valence-corrected chi connectivity index (χ0v) is 18.4. The van der Waals surface area contributed by atoms with Crippen molar-refractivity contribution in [3.63, 3.8) is 0 Å². The molecule has 1 fully saturated rings. The molecule has 3 rings (SSSR count). The number of hydrogen-bond donors (Lipinski definition) is 5. The number of benzene rings is 1. The molecule has 1 atom stereocenters. The van der Waals surface area contributed by atoms with Gasteiger partial charge >= 0.3 is 13.1 Å². The fourth-order valence-electron chi connectivity index (χ4n) is 4.00. The van der Waals surface area contributed by atoms with Crippen LogP contribution < -0.4 is 11.1 Å². The third-order valence-electron chi connectivity index (χ3n) is 5.86. The Bertz CT molecular complexity index is 818.